The second-order valence-electron chi connectivity index (χ2n) is 4.74. The van der Waals surface area contributed by atoms with Crippen molar-refractivity contribution in [3.63, 3.8) is 0 Å². The number of hydrogen-bond acceptors (Lipinski definition) is 5. The van der Waals surface area contributed by atoms with E-state index in [0.29, 0.717) is 12.6 Å². The number of fused-ring (bicyclic) bond motifs is 1. The molecule has 1 N–H and O–H groups in total. The Labute approximate surface area is 116 Å². The van der Waals surface area contributed by atoms with Gasteiger partial charge in [0.05, 0.1) is 13.7 Å². The third-order valence-corrected chi connectivity index (χ3v) is 4.56. The molecule has 1 saturated heterocycles. The molecule has 5 heteroatoms. The van der Waals surface area contributed by atoms with Crippen molar-refractivity contribution in [2.75, 3.05) is 18.6 Å². The molecule has 1 atom stereocenters. The average Bonchev–Trinajstić information content (AvgIpc) is 2.88. The highest BCUT2D eigenvalue weighted by Gasteiger charge is 2.14. The summed E-state index contributed by atoms with van der Waals surface area (Å²) in [5, 5.41) is 3.52. The van der Waals surface area contributed by atoms with Gasteiger partial charge in [-0.3, -0.25) is 0 Å². The first-order valence-electron chi connectivity index (χ1n) is 6.60. The van der Waals surface area contributed by atoms with Crippen LogP contribution in [0.5, 0.6) is 5.75 Å². The summed E-state index contributed by atoms with van der Waals surface area (Å²) >= 11 is 2.02. The quantitative estimate of drug-likeness (QED) is 0.932. The Morgan fingerprint density at radius 2 is 2.47 bits per heavy atom. The first kappa shape index (κ1) is 12.8. The van der Waals surface area contributed by atoms with Crippen LogP contribution in [0.2, 0.25) is 0 Å². The highest BCUT2D eigenvalue weighted by molar-refractivity contribution is 7.99. The number of thioether (sulfide) groups is 1. The second kappa shape index (κ2) is 5.84. The van der Waals surface area contributed by atoms with Crippen LogP contribution in [0.25, 0.3) is 11.1 Å². The molecule has 2 aromatic rings. The molecule has 2 heterocycles. The normalized spacial score (nSPS) is 19.7. The fraction of sp³-hybridized carbons (Fsp3) is 0.500. The fourth-order valence-electron chi connectivity index (χ4n) is 2.29. The van der Waals surface area contributed by atoms with E-state index in [2.05, 4.69) is 10.3 Å². The molecule has 0 unspecified atom stereocenters. The maximum Gasteiger partial charge on any atom is 0.209 e. The molecule has 1 aliphatic rings. The molecule has 0 aliphatic carbocycles. The number of nitrogens with zero attached hydrogens (tertiary/aromatic N) is 1. The van der Waals surface area contributed by atoms with Crippen LogP contribution in [0.1, 0.15) is 18.7 Å². The molecule has 0 spiro atoms. The van der Waals surface area contributed by atoms with E-state index in [9.17, 15) is 0 Å². The van der Waals surface area contributed by atoms with Crippen LogP contribution in [0.15, 0.2) is 22.6 Å². The predicted molar refractivity (Wildman–Crippen MR) is 77.7 cm³/mol. The molecule has 0 bridgehead atoms. The third kappa shape index (κ3) is 3.04. The molecule has 4 nitrogen and oxygen atoms in total. The van der Waals surface area contributed by atoms with Gasteiger partial charge in [-0.1, -0.05) is 0 Å². The monoisotopic (exact) mass is 278 g/mol. The van der Waals surface area contributed by atoms with Crippen LogP contribution in [0.3, 0.4) is 0 Å². The summed E-state index contributed by atoms with van der Waals surface area (Å²) in [6.45, 7) is 0.697. The van der Waals surface area contributed by atoms with Gasteiger partial charge >= 0.3 is 0 Å². The maximum atomic E-state index is 5.72. The van der Waals surface area contributed by atoms with Crippen LogP contribution >= 0.6 is 11.8 Å². The van der Waals surface area contributed by atoms with Crippen molar-refractivity contribution in [1.29, 1.82) is 0 Å². The summed E-state index contributed by atoms with van der Waals surface area (Å²) in [5.41, 5.74) is 1.67. The third-order valence-electron chi connectivity index (χ3n) is 3.34. The smallest absolute Gasteiger partial charge is 0.209 e. The highest BCUT2D eigenvalue weighted by Crippen LogP contribution is 2.22. The van der Waals surface area contributed by atoms with Crippen molar-refractivity contribution in [3.8, 4) is 5.75 Å². The number of hydrogen-bond donors (Lipinski definition) is 1. The average molecular weight is 278 g/mol. The van der Waals surface area contributed by atoms with Gasteiger partial charge in [-0.25, -0.2) is 4.98 Å². The SMILES string of the molecule is COc1ccc2oc(CN[C@H]3CCCSC3)nc2c1. The second-order valence-corrected chi connectivity index (χ2v) is 5.89. The first-order chi connectivity index (χ1) is 9.35. The summed E-state index contributed by atoms with van der Waals surface area (Å²) in [7, 11) is 1.66. The molecular weight excluding hydrogens is 260 g/mol. The van der Waals surface area contributed by atoms with E-state index in [0.717, 1.165) is 22.7 Å². The number of aromatic nitrogens is 1. The Morgan fingerprint density at radius 3 is 3.26 bits per heavy atom. The lowest BCUT2D eigenvalue weighted by Crippen LogP contribution is -2.33. The van der Waals surface area contributed by atoms with E-state index >= 15 is 0 Å². The van der Waals surface area contributed by atoms with Crippen molar-refractivity contribution in [1.82, 2.24) is 10.3 Å². The lowest BCUT2D eigenvalue weighted by atomic mass is 10.2. The van der Waals surface area contributed by atoms with Gasteiger partial charge in [0.1, 0.15) is 11.3 Å². The molecule has 102 valence electrons. The number of ether oxygens (including phenoxy) is 1. The Kier molecular flexibility index (Phi) is 3.94. The predicted octanol–water partition coefficient (Wildman–Crippen LogP) is 2.82. The molecule has 0 saturated carbocycles. The molecule has 3 rings (SSSR count). The van der Waals surface area contributed by atoms with E-state index < -0.39 is 0 Å². The fourth-order valence-corrected chi connectivity index (χ4v) is 3.40. The minimum atomic E-state index is 0.586. The zero-order valence-electron chi connectivity index (χ0n) is 11.0. The van der Waals surface area contributed by atoms with Gasteiger partial charge in [0.25, 0.3) is 0 Å². The number of oxazole rings is 1. The lowest BCUT2D eigenvalue weighted by Gasteiger charge is -2.21. The van der Waals surface area contributed by atoms with E-state index in [1.807, 2.05) is 30.0 Å². The van der Waals surface area contributed by atoms with E-state index in [4.69, 9.17) is 9.15 Å². The number of benzene rings is 1. The zero-order chi connectivity index (χ0) is 13.1. The Bertz CT molecular complexity index is 549. The van der Waals surface area contributed by atoms with Crippen LogP contribution < -0.4 is 10.1 Å². The summed E-state index contributed by atoms with van der Waals surface area (Å²) in [4.78, 5) is 4.49. The Morgan fingerprint density at radius 1 is 1.53 bits per heavy atom. The van der Waals surface area contributed by atoms with Crippen LogP contribution in [-0.2, 0) is 6.54 Å². The van der Waals surface area contributed by atoms with Gasteiger partial charge in [0.2, 0.25) is 5.89 Å². The van der Waals surface area contributed by atoms with Gasteiger partial charge in [0, 0.05) is 17.9 Å². The lowest BCUT2D eigenvalue weighted by molar-refractivity contribution is 0.415. The summed E-state index contributed by atoms with van der Waals surface area (Å²) < 4.78 is 10.9. The van der Waals surface area contributed by atoms with E-state index in [1.165, 1.54) is 24.3 Å². The van der Waals surface area contributed by atoms with Gasteiger partial charge in [-0.15, -0.1) is 0 Å². The van der Waals surface area contributed by atoms with Crippen molar-refractivity contribution >= 4 is 22.9 Å². The Balaban J connectivity index is 1.67. The molecule has 1 aromatic carbocycles. The maximum absolute atomic E-state index is 5.72. The number of rotatable bonds is 4. The van der Waals surface area contributed by atoms with Gasteiger partial charge in [-0.05, 0) is 30.7 Å². The topological polar surface area (TPSA) is 47.3 Å². The highest BCUT2D eigenvalue weighted by atomic mass is 32.2. The Hall–Kier alpha value is -1.20. The van der Waals surface area contributed by atoms with Crippen molar-refractivity contribution < 1.29 is 9.15 Å². The largest absolute Gasteiger partial charge is 0.497 e. The molecule has 1 fully saturated rings. The molecule has 1 aromatic heterocycles. The molecular formula is C14H18N2O2S. The van der Waals surface area contributed by atoms with E-state index in [1.54, 1.807) is 7.11 Å². The van der Waals surface area contributed by atoms with E-state index in [-0.39, 0.29) is 0 Å². The standard InChI is InChI=1S/C14H18N2O2S/c1-17-11-4-5-13-12(7-11)16-14(18-13)8-15-10-3-2-6-19-9-10/h4-5,7,10,15H,2-3,6,8-9H2,1H3/t10-/m0/s1. The van der Waals surface area contributed by atoms with Crippen LogP contribution in [0.4, 0.5) is 0 Å². The molecule has 0 amide bonds. The van der Waals surface area contributed by atoms with Crippen molar-refractivity contribution in [2.45, 2.75) is 25.4 Å². The number of methoxy groups -OCH3 is 1. The van der Waals surface area contributed by atoms with Crippen LogP contribution in [-0.4, -0.2) is 29.6 Å². The molecule has 0 radical (unpaired) electrons. The van der Waals surface area contributed by atoms with Gasteiger partial charge < -0.3 is 14.5 Å². The van der Waals surface area contributed by atoms with Gasteiger partial charge in [-0.2, -0.15) is 11.8 Å². The summed E-state index contributed by atoms with van der Waals surface area (Å²) in [6.07, 6.45) is 2.55. The first-order valence-corrected chi connectivity index (χ1v) is 7.75. The van der Waals surface area contributed by atoms with Crippen molar-refractivity contribution in [2.24, 2.45) is 0 Å². The summed E-state index contributed by atoms with van der Waals surface area (Å²) in [5.74, 6) is 4.04. The summed E-state index contributed by atoms with van der Waals surface area (Å²) in [6, 6.07) is 6.28. The zero-order valence-corrected chi connectivity index (χ0v) is 11.8. The van der Waals surface area contributed by atoms with Crippen LogP contribution in [0, 0.1) is 0 Å². The van der Waals surface area contributed by atoms with Crippen molar-refractivity contribution in [3.05, 3.63) is 24.1 Å². The van der Waals surface area contributed by atoms with Gasteiger partial charge in [0.15, 0.2) is 5.58 Å². The minimum Gasteiger partial charge on any atom is -0.497 e. The number of nitrogens with one attached hydrogen (secondary N) is 1. The molecule has 19 heavy (non-hydrogen) atoms. The molecule has 1 aliphatic heterocycles. The minimum absolute atomic E-state index is 0.586.